The Bertz CT molecular complexity index is 741. The van der Waals surface area contributed by atoms with Gasteiger partial charge in [0.1, 0.15) is 18.4 Å². The molecule has 0 saturated carbocycles. The second-order valence-electron chi connectivity index (χ2n) is 7.32. The van der Waals surface area contributed by atoms with Crippen LogP contribution in [0.2, 0.25) is 0 Å². The quantitative estimate of drug-likeness (QED) is 0.362. The number of guanidine groups is 1. The zero-order chi connectivity index (χ0) is 20.3. The Labute approximate surface area is 173 Å². The van der Waals surface area contributed by atoms with Crippen LogP contribution in [0.3, 0.4) is 0 Å². The van der Waals surface area contributed by atoms with E-state index >= 15 is 0 Å². The van der Waals surface area contributed by atoms with Crippen molar-refractivity contribution in [3.63, 3.8) is 0 Å². The number of nitrogens with one attached hydrogen (secondary N) is 2. The number of likely N-dealkylation sites (tertiary alicyclic amines) is 1. The largest absolute Gasteiger partial charge is 0.497 e. The lowest BCUT2D eigenvalue weighted by Gasteiger charge is -2.29. The Morgan fingerprint density at radius 3 is 2.69 bits per heavy atom. The van der Waals surface area contributed by atoms with Crippen molar-refractivity contribution in [2.24, 2.45) is 4.99 Å². The Morgan fingerprint density at radius 2 is 1.97 bits per heavy atom. The molecule has 0 spiro atoms. The van der Waals surface area contributed by atoms with Gasteiger partial charge in [0.15, 0.2) is 5.96 Å². The number of unbranched alkanes of at least 4 members (excludes halogenated alkanes) is 1. The van der Waals surface area contributed by atoms with E-state index in [1.165, 1.54) is 18.4 Å². The van der Waals surface area contributed by atoms with Gasteiger partial charge in [0.2, 0.25) is 0 Å². The third kappa shape index (κ3) is 6.45. The van der Waals surface area contributed by atoms with Crippen LogP contribution in [-0.4, -0.2) is 66.0 Å². The van der Waals surface area contributed by atoms with Gasteiger partial charge < -0.3 is 19.9 Å². The van der Waals surface area contributed by atoms with Gasteiger partial charge in [0, 0.05) is 26.7 Å². The summed E-state index contributed by atoms with van der Waals surface area (Å²) in [4.78, 5) is 6.94. The minimum Gasteiger partial charge on any atom is -0.497 e. The van der Waals surface area contributed by atoms with Crippen molar-refractivity contribution >= 4 is 5.96 Å². The van der Waals surface area contributed by atoms with Crippen LogP contribution in [0, 0.1) is 0 Å². The van der Waals surface area contributed by atoms with Crippen molar-refractivity contribution in [1.29, 1.82) is 0 Å². The molecule has 1 saturated heterocycles. The van der Waals surface area contributed by atoms with Gasteiger partial charge in [-0.1, -0.05) is 12.1 Å². The molecule has 0 bridgehead atoms. The molecule has 2 aromatic rings. The van der Waals surface area contributed by atoms with Crippen molar-refractivity contribution in [3.8, 4) is 5.75 Å². The smallest absolute Gasteiger partial charge is 0.191 e. The summed E-state index contributed by atoms with van der Waals surface area (Å²) in [7, 11) is 3.54. The van der Waals surface area contributed by atoms with Crippen molar-refractivity contribution in [2.75, 3.05) is 40.3 Å². The number of hydrogen-bond acceptors (Lipinski definition) is 5. The first-order valence-corrected chi connectivity index (χ1v) is 10.4. The molecule has 29 heavy (non-hydrogen) atoms. The second-order valence-corrected chi connectivity index (χ2v) is 7.32. The number of ether oxygens (including phenoxy) is 1. The topological polar surface area (TPSA) is 79.6 Å². The van der Waals surface area contributed by atoms with E-state index in [0.717, 1.165) is 57.3 Å². The Balaban J connectivity index is 1.49. The van der Waals surface area contributed by atoms with Crippen LogP contribution < -0.4 is 15.4 Å². The molecule has 1 aliphatic rings. The molecule has 3 rings (SSSR count). The minimum atomic E-state index is 0.305. The Hall–Kier alpha value is -2.61. The highest BCUT2D eigenvalue weighted by atomic mass is 16.5. The first-order chi connectivity index (χ1) is 14.3. The van der Waals surface area contributed by atoms with Crippen LogP contribution in [0.25, 0.3) is 0 Å². The zero-order valence-corrected chi connectivity index (χ0v) is 17.5. The third-order valence-corrected chi connectivity index (χ3v) is 5.35. The molecule has 8 heteroatoms. The van der Waals surface area contributed by atoms with E-state index in [9.17, 15) is 0 Å². The molecular weight excluding hydrogens is 366 g/mol. The molecule has 2 heterocycles. The van der Waals surface area contributed by atoms with E-state index < -0.39 is 0 Å². The van der Waals surface area contributed by atoms with E-state index in [4.69, 9.17) is 4.74 Å². The van der Waals surface area contributed by atoms with E-state index in [1.54, 1.807) is 19.8 Å². The lowest BCUT2D eigenvalue weighted by atomic mass is 10.1. The summed E-state index contributed by atoms with van der Waals surface area (Å²) in [5.74, 6) is 1.75. The van der Waals surface area contributed by atoms with E-state index in [1.807, 2.05) is 17.7 Å². The maximum Gasteiger partial charge on any atom is 0.191 e. The molecule has 1 unspecified atom stereocenters. The average Bonchev–Trinajstić information content (AvgIpc) is 3.47. The maximum absolute atomic E-state index is 5.43. The SMILES string of the molecule is CN=C(NCCCCn1cnnc1)NCC(c1cccc(OC)c1)N1CCCC1. The number of aliphatic imine (C=N–C) groups is 1. The summed E-state index contributed by atoms with van der Waals surface area (Å²) in [6.07, 6.45) is 8.17. The van der Waals surface area contributed by atoms with Crippen LogP contribution in [0.15, 0.2) is 41.9 Å². The van der Waals surface area contributed by atoms with Gasteiger partial charge in [-0.3, -0.25) is 9.89 Å². The normalized spacial score (nSPS) is 16.0. The number of rotatable bonds is 10. The summed E-state index contributed by atoms with van der Waals surface area (Å²) in [6.45, 7) is 4.91. The number of methoxy groups -OCH3 is 1. The molecular formula is C21H33N7O. The van der Waals surface area contributed by atoms with Gasteiger partial charge in [-0.2, -0.15) is 0 Å². The Kier molecular flexibility index (Phi) is 8.30. The lowest BCUT2D eigenvalue weighted by Crippen LogP contribution is -2.43. The van der Waals surface area contributed by atoms with Gasteiger partial charge in [0.25, 0.3) is 0 Å². The van der Waals surface area contributed by atoms with Crippen LogP contribution in [0.4, 0.5) is 0 Å². The van der Waals surface area contributed by atoms with E-state index in [2.05, 4.69) is 48.9 Å². The van der Waals surface area contributed by atoms with Crippen molar-refractivity contribution in [1.82, 2.24) is 30.3 Å². The van der Waals surface area contributed by atoms with Gasteiger partial charge >= 0.3 is 0 Å². The fourth-order valence-corrected chi connectivity index (χ4v) is 3.74. The molecule has 8 nitrogen and oxygen atoms in total. The van der Waals surface area contributed by atoms with Crippen molar-refractivity contribution in [2.45, 2.75) is 38.3 Å². The molecule has 1 aromatic carbocycles. The first-order valence-electron chi connectivity index (χ1n) is 10.4. The highest BCUT2D eigenvalue weighted by Gasteiger charge is 2.24. The van der Waals surface area contributed by atoms with E-state index in [0.29, 0.717) is 6.04 Å². The molecule has 1 aromatic heterocycles. The number of nitrogens with zero attached hydrogens (tertiary/aromatic N) is 5. The van der Waals surface area contributed by atoms with Crippen LogP contribution in [-0.2, 0) is 6.54 Å². The average molecular weight is 400 g/mol. The predicted molar refractivity (Wildman–Crippen MR) is 115 cm³/mol. The number of hydrogen-bond donors (Lipinski definition) is 2. The Morgan fingerprint density at radius 1 is 1.17 bits per heavy atom. The van der Waals surface area contributed by atoms with Crippen LogP contribution >= 0.6 is 0 Å². The monoisotopic (exact) mass is 399 g/mol. The second kappa shape index (κ2) is 11.4. The molecule has 0 aliphatic carbocycles. The standard InChI is InChI=1S/C21H33N7O/c1-22-21(23-10-3-4-11-27-16-25-26-17-27)24-15-20(28-12-5-6-13-28)18-8-7-9-19(14-18)29-2/h7-9,14,16-17,20H,3-6,10-13,15H2,1-2H3,(H2,22,23,24). The van der Waals surface area contributed by atoms with Crippen LogP contribution in [0.1, 0.15) is 37.3 Å². The molecule has 1 aliphatic heterocycles. The van der Waals surface area contributed by atoms with Gasteiger partial charge in [-0.25, -0.2) is 0 Å². The van der Waals surface area contributed by atoms with Gasteiger partial charge in [-0.05, 0) is 56.5 Å². The minimum absolute atomic E-state index is 0.305. The van der Waals surface area contributed by atoms with Gasteiger partial charge in [0.05, 0.1) is 13.2 Å². The molecule has 1 atom stereocenters. The number of benzene rings is 1. The fraction of sp³-hybridized carbons (Fsp3) is 0.571. The number of aryl methyl sites for hydroxylation is 1. The molecule has 2 N–H and O–H groups in total. The molecule has 0 radical (unpaired) electrons. The summed E-state index contributed by atoms with van der Waals surface area (Å²) in [6, 6.07) is 8.71. The molecule has 0 amide bonds. The van der Waals surface area contributed by atoms with Gasteiger partial charge in [-0.15, -0.1) is 10.2 Å². The highest BCUT2D eigenvalue weighted by molar-refractivity contribution is 5.79. The highest BCUT2D eigenvalue weighted by Crippen LogP contribution is 2.27. The predicted octanol–water partition coefficient (Wildman–Crippen LogP) is 2.07. The molecule has 1 fully saturated rings. The van der Waals surface area contributed by atoms with Crippen LogP contribution in [0.5, 0.6) is 5.75 Å². The maximum atomic E-state index is 5.43. The summed E-state index contributed by atoms with van der Waals surface area (Å²) in [5, 5.41) is 14.6. The van der Waals surface area contributed by atoms with Crippen molar-refractivity contribution < 1.29 is 4.74 Å². The summed E-state index contributed by atoms with van der Waals surface area (Å²) >= 11 is 0. The zero-order valence-electron chi connectivity index (χ0n) is 17.5. The first kappa shape index (κ1) is 21.1. The fourth-order valence-electron chi connectivity index (χ4n) is 3.74. The number of aromatic nitrogens is 3. The lowest BCUT2D eigenvalue weighted by molar-refractivity contribution is 0.245. The van der Waals surface area contributed by atoms with Crippen molar-refractivity contribution in [3.05, 3.63) is 42.5 Å². The third-order valence-electron chi connectivity index (χ3n) is 5.35. The summed E-state index contributed by atoms with van der Waals surface area (Å²) in [5.41, 5.74) is 1.28. The molecule has 158 valence electrons. The van der Waals surface area contributed by atoms with E-state index in [-0.39, 0.29) is 0 Å². The summed E-state index contributed by atoms with van der Waals surface area (Å²) < 4.78 is 7.43.